The number of aromatic nitrogens is 1. The van der Waals surface area contributed by atoms with Crippen molar-refractivity contribution in [3.63, 3.8) is 0 Å². The highest BCUT2D eigenvalue weighted by Gasteiger charge is 2.15. The van der Waals surface area contributed by atoms with E-state index in [9.17, 15) is 9.59 Å². The molecule has 3 rings (SSSR count). The Labute approximate surface area is 162 Å². The van der Waals surface area contributed by atoms with Gasteiger partial charge in [0.15, 0.2) is 0 Å². The fraction of sp³-hybridized carbons (Fsp3) is 0.143. The van der Waals surface area contributed by atoms with Gasteiger partial charge in [-0.2, -0.15) is 4.73 Å². The Hall–Kier alpha value is -3.05. The number of hydrogen-bond acceptors (Lipinski definition) is 3. The molecule has 1 aromatic heterocycles. The molecule has 138 valence electrons. The van der Waals surface area contributed by atoms with E-state index in [0.717, 1.165) is 21.4 Å². The first-order valence-corrected chi connectivity index (χ1v) is 8.80. The van der Waals surface area contributed by atoms with Crippen LogP contribution < -0.4 is 15.7 Å². The predicted molar refractivity (Wildman–Crippen MR) is 106 cm³/mol. The van der Waals surface area contributed by atoms with Crippen molar-refractivity contribution in [2.24, 2.45) is 0 Å². The molecule has 3 aromatic rings. The second-order valence-corrected chi connectivity index (χ2v) is 6.61. The normalized spacial score (nSPS) is 10.5. The lowest BCUT2D eigenvalue weighted by atomic mass is 10.1. The van der Waals surface area contributed by atoms with Gasteiger partial charge in [0.2, 0.25) is 0 Å². The molecule has 2 aromatic carbocycles. The number of nitrogens with one attached hydrogen (secondary N) is 1. The van der Waals surface area contributed by atoms with Crippen LogP contribution in [0.4, 0.5) is 5.69 Å². The Morgan fingerprint density at radius 3 is 2.48 bits per heavy atom. The van der Waals surface area contributed by atoms with Gasteiger partial charge in [0, 0.05) is 16.9 Å². The molecule has 1 amide bonds. The number of hydrogen-bond donors (Lipinski definition) is 1. The van der Waals surface area contributed by atoms with Crippen molar-refractivity contribution >= 4 is 23.2 Å². The molecule has 1 heterocycles. The van der Waals surface area contributed by atoms with Crippen molar-refractivity contribution in [3.8, 4) is 0 Å². The molecule has 0 fully saturated rings. The third-order valence-corrected chi connectivity index (χ3v) is 4.37. The third kappa shape index (κ3) is 4.38. The number of carbonyl (C=O) groups is 1. The molecule has 0 aliphatic carbocycles. The van der Waals surface area contributed by atoms with Crippen LogP contribution in [0.5, 0.6) is 0 Å². The Morgan fingerprint density at radius 2 is 1.78 bits per heavy atom. The van der Waals surface area contributed by atoms with Crippen LogP contribution in [0.1, 0.15) is 27.0 Å². The second kappa shape index (κ2) is 8.10. The Bertz CT molecular complexity index is 1020. The lowest BCUT2D eigenvalue weighted by Crippen LogP contribution is -2.32. The lowest BCUT2D eigenvalue weighted by Gasteiger charge is -2.13. The summed E-state index contributed by atoms with van der Waals surface area (Å²) in [4.78, 5) is 30.8. The van der Waals surface area contributed by atoms with Gasteiger partial charge >= 0.3 is 0 Å². The van der Waals surface area contributed by atoms with Gasteiger partial charge in [-0.25, -0.2) is 0 Å². The first kappa shape index (κ1) is 18.7. The summed E-state index contributed by atoms with van der Waals surface area (Å²) in [5.74, 6) is -0.474. The summed E-state index contributed by atoms with van der Waals surface area (Å²) in [7, 11) is 0. The molecule has 0 saturated heterocycles. The van der Waals surface area contributed by atoms with Gasteiger partial charge in [-0.15, -0.1) is 0 Å². The Balaban J connectivity index is 1.80. The number of para-hydroxylation sites is 1. The molecule has 0 radical (unpaired) electrons. The first-order chi connectivity index (χ1) is 13.0. The van der Waals surface area contributed by atoms with Gasteiger partial charge in [0.05, 0.1) is 0 Å². The van der Waals surface area contributed by atoms with Gasteiger partial charge in [-0.1, -0.05) is 41.9 Å². The molecular formula is C21H19ClN2O3. The van der Waals surface area contributed by atoms with E-state index in [-0.39, 0.29) is 12.2 Å². The second-order valence-electron chi connectivity index (χ2n) is 6.18. The Morgan fingerprint density at radius 1 is 1.07 bits per heavy atom. The van der Waals surface area contributed by atoms with Crippen molar-refractivity contribution in [3.05, 3.63) is 98.4 Å². The minimum absolute atomic E-state index is 0.00578. The summed E-state index contributed by atoms with van der Waals surface area (Å²) in [5.41, 5.74) is 2.86. The molecule has 0 aliphatic rings. The van der Waals surface area contributed by atoms with E-state index in [1.54, 1.807) is 24.3 Å². The van der Waals surface area contributed by atoms with Crippen LogP contribution in [-0.4, -0.2) is 10.6 Å². The van der Waals surface area contributed by atoms with Gasteiger partial charge in [-0.05, 0) is 54.8 Å². The summed E-state index contributed by atoms with van der Waals surface area (Å²) < 4.78 is 1.06. The molecule has 0 spiro atoms. The molecule has 0 aliphatic heterocycles. The van der Waals surface area contributed by atoms with Crippen LogP contribution in [0.15, 0.2) is 65.6 Å². The van der Waals surface area contributed by atoms with Gasteiger partial charge in [0.1, 0.15) is 12.2 Å². The third-order valence-electron chi connectivity index (χ3n) is 4.14. The zero-order chi connectivity index (χ0) is 19.4. The Kier molecular flexibility index (Phi) is 5.62. The minimum atomic E-state index is -0.525. The quantitative estimate of drug-likeness (QED) is 0.725. The average molecular weight is 383 g/mol. The van der Waals surface area contributed by atoms with E-state index >= 15 is 0 Å². The number of benzene rings is 2. The van der Waals surface area contributed by atoms with Crippen molar-refractivity contribution in [1.82, 2.24) is 4.73 Å². The molecule has 5 nitrogen and oxygen atoms in total. The van der Waals surface area contributed by atoms with Crippen LogP contribution >= 0.6 is 11.6 Å². The number of carbonyl (C=O) groups excluding carboxylic acids is 1. The molecule has 6 heteroatoms. The largest absolute Gasteiger partial charge is 0.406 e. The topological polar surface area (TPSA) is 60.3 Å². The first-order valence-electron chi connectivity index (χ1n) is 8.42. The summed E-state index contributed by atoms with van der Waals surface area (Å²) in [5, 5.41) is 3.41. The van der Waals surface area contributed by atoms with Crippen molar-refractivity contribution in [2.45, 2.75) is 20.5 Å². The van der Waals surface area contributed by atoms with Crippen LogP contribution in [-0.2, 0) is 6.61 Å². The SMILES string of the molecule is Cc1cccc(C)c1NC(=O)c1cccn(OCc2cccc(Cl)c2)c1=O. The van der Waals surface area contributed by atoms with E-state index < -0.39 is 11.5 Å². The highest BCUT2D eigenvalue weighted by Crippen LogP contribution is 2.19. The molecule has 0 saturated carbocycles. The van der Waals surface area contributed by atoms with Gasteiger partial charge in [-0.3, -0.25) is 9.59 Å². The van der Waals surface area contributed by atoms with E-state index in [0.29, 0.717) is 10.7 Å². The molecule has 1 N–H and O–H groups in total. The summed E-state index contributed by atoms with van der Waals surface area (Å²) in [6.45, 7) is 3.96. The zero-order valence-electron chi connectivity index (χ0n) is 15.0. The van der Waals surface area contributed by atoms with E-state index in [1.165, 1.54) is 12.3 Å². The number of nitrogens with zero attached hydrogens (tertiary/aromatic N) is 1. The molecule has 0 unspecified atom stereocenters. The number of rotatable bonds is 5. The van der Waals surface area contributed by atoms with E-state index in [4.69, 9.17) is 16.4 Å². The lowest BCUT2D eigenvalue weighted by molar-refractivity contribution is 0.0863. The van der Waals surface area contributed by atoms with Crippen molar-refractivity contribution in [1.29, 1.82) is 0 Å². The maximum Gasteiger partial charge on any atom is 0.295 e. The van der Waals surface area contributed by atoms with Crippen molar-refractivity contribution < 1.29 is 9.63 Å². The maximum atomic E-state index is 12.6. The smallest absolute Gasteiger partial charge is 0.295 e. The number of anilines is 1. The average Bonchev–Trinajstić information content (AvgIpc) is 2.64. The molecular weight excluding hydrogens is 364 g/mol. The maximum absolute atomic E-state index is 12.6. The highest BCUT2D eigenvalue weighted by atomic mass is 35.5. The fourth-order valence-corrected chi connectivity index (χ4v) is 2.93. The minimum Gasteiger partial charge on any atom is -0.406 e. The van der Waals surface area contributed by atoms with Gasteiger partial charge < -0.3 is 10.2 Å². The predicted octanol–water partition coefficient (Wildman–Crippen LogP) is 4.00. The van der Waals surface area contributed by atoms with Crippen LogP contribution in [0.2, 0.25) is 5.02 Å². The fourth-order valence-electron chi connectivity index (χ4n) is 2.71. The zero-order valence-corrected chi connectivity index (χ0v) is 15.8. The van der Waals surface area contributed by atoms with Crippen molar-refractivity contribution in [2.75, 3.05) is 5.32 Å². The monoisotopic (exact) mass is 382 g/mol. The van der Waals surface area contributed by atoms with Crippen LogP contribution in [0.25, 0.3) is 0 Å². The highest BCUT2D eigenvalue weighted by molar-refractivity contribution is 6.30. The van der Waals surface area contributed by atoms with Crippen LogP contribution in [0, 0.1) is 13.8 Å². The number of halogens is 1. The standard InChI is InChI=1S/C21H19ClN2O3/c1-14-6-3-7-15(2)19(14)23-20(25)18-10-5-11-24(21(18)26)27-13-16-8-4-9-17(22)12-16/h3-12H,13H2,1-2H3,(H,23,25). The molecule has 0 atom stereocenters. The molecule has 0 bridgehead atoms. The number of pyridine rings is 1. The van der Waals surface area contributed by atoms with E-state index in [2.05, 4.69) is 5.32 Å². The number of amides is 1. The molecule has 27 heavy (non-hydrogen) atoms. The summed E-state index contributed by atoms with van der Waals surface area (Å²) >= 11 is 5.95. The summed E-state index contributed by atoms with van der Waals surface area (Å²) in [6, 6.07) is 16.0. The summed E-state index contributed by atoms with van der Waals surface area (Å²) in [6.07, 6.45) is 1.47. The van der Waals surface area contributed by atoms with Gasteiger partial charge in [0.25, 0.3) is 11.5 Å². The van der Waals surface area contributed by atoms with Crippen LogP contribution in [0.3, 0.4) is 0 Å². The number of aryl methyl sites for hydroxylation is 2. The van der Waals surface area contributed by atoms with E-state index in [1.807, 2.05) is 38.1 Å².